The topological polar surface area (TPSA) is 87.6 Å². The number of benzene rings is 1. The Morgan fingerprint density at radius 3 is 2.73 bits per heavy atom. The number of azide groups is 1. The number of rotatable bonds is 2. The van der Waals surface area contributed by atoms with Gasteiger partial charge in [-0.15, -0.1) is 0 Å². The fourth-order valence-electron chi connectivity index (χ4n) is 1.15. The monoisotopic (exact) mass is 205 g/mol. The minimum Gasteiger partial charge on any atom is -0.422 e. The summed E-state index contributed by atoms with van der Waals surface area (Å²) in [5.41, 5.74) is 9.02. The van der Waals surface area contributed by atoms with Gasteiger partial charge in [0, 0.05) is 10.0 Å². The Morgan fingerprint density at radius 2 is 2.20 bits per heavy atom. The summed E-state index contributed by atoms with van der Waals surface area (Å²) in [7, 11) is 0. The zero-order chi connectivity index (χ0) is 10.7. The third kappa shape index (κ3) is 2.46. The number of carbonyl (C=O) groups is 1. The normalized spacial score (nSPS) is 17.7. The van der Waals surface area contributed by atoms with Crippen molar-refractivity contribution in [1.29, 1.82) is 0 Å². The lowest BCUT2D eigenvalue weighted by atomic mass is 10.2. The Labute approximate surface area is 85.0 Å². The first-order valence-electron chi connectivity index (χ1n) is 4.28. The molecule has 0 radical (unpaired) electrons. The van der Waals surface area contributed by atoms with Gasteiger partial charge in [-0.2, -0.15) is 0 Å². The lowest BCUT2D eigenvalue weighted by molar-refractivity contribution is 0.211. The van der Waals surface area contributed by atoms with Gasteiger partial charge < -0.3 is 9.47 Å². The van der Waals surface area contributed by atoms with Crippen LogP contribution in [0, 0.1) is 0 Å². The Bertz CT molecular complexity index is 419. The van der Waals surface area contributed by atoms with Crippen LogP contribution < -0.4 is 4.74 Å². The molecule has 1 unspecified atom stereocenters. The smallest absolute Gasteiger partial charge is 0.402 e. The summed E-state index contributed by atoms with van der Waals surface area (Å²) < 4.78 is 9.79. The van der Waals surface area contributed by atoms with Crippen LogP contribution >= 0.6 is 0 Å². The molecule has 15 heavy (non-hydrogen) atoms. The van der Waals surface area contributed by atoms with Gasteiger partial charge in [-0.3, -0.25) is 0 Å². The van der Waals surface area contributed by atoms with Gasteiger partial charge in [-0.25, -0.2) is 4.79 Å². The van der Waals surface area contributed by atoms with E-state index in [4.69, 9.17) is 15.0 Å². The number of hydrogen-bond acceptors (Lipinski definition) is 3. The van der Waals surface area contributed by atoms with Crippen LogP contribution in [-0.4, -0.2) is 12.7 Å². The molecule has 6 heteroatoms. The molecular weight excluding hydrogens is 198 g/mol. The number of amides is 1. The molecule has 1 atom stereocenters. The largest absolute Gasteiger partial charge is 0.422 e. The Balaban J connectivity index is 2.03. The van der Waals surface area contributed by atoms with Crippen molar-refractivity contribution in [1.82, 2.24) is 0 Å². The predicted octanol–water partition coefficient (Wildman–Crippen LogP) is 2.57. The summed E-state index contributed by atoms with van der Waals surface area (Å²) in [4.78, 5) is 13.1. The van der Waals surface area contributed by atoms with Crippen molar-refractivity contribution in [3.05, 3.63) is 40.3 Å². The minimum atomic E-state index is -0.965. The molecule has 6 nitrogen and oxygen atoms in total. The van der Waals surface area contributed by atoms with Crippen molar-refractivity contribution in [3.63, 3.8) is 0 Å². The lowest BCUT2D eigenvalue weighted by Gasteiger charge is -2.00. The number of carbonyl (C=O) groups excluding carboxylic acids is 1. The van der Waals surface area contributed by atoms with Crippen LogP contribution in [-0.2, 0) is 4.74 Å². The highest BCUT2D eigenvalue weighted by atomic mass is 16.6. The summed E-state index contributed by atoms with van der Waals surface area (Å²) in [6.07, 6.45) is -0.792. The zero-order valence-corrected chi connectivity index (χ0v) is 7.66. The van der Waals surface area contributed by atoms with Crippen LogP contribution in [0.2, 0.25) is 0 Å². The first kappa shape index (κ1) is 9.51. The molecule has 0 N–H and O–H groups in total. The summed E-state index contributed by atoms with van der Waals surface area (Å²) in [6, 6.07) is 6.86. The van der Waals surface area contributed by atoms with Crippen molar-refractivity contribution in [3.8, 4) is 5.75 Å². The van der Waals surface area contributed by atoms with Crippen molar-refractivity contribution >= 4 is 6.09 Å². The molecule has 0 bridgehead atoms. The molecule has 2 rings (SSSR count). The van der Waals surface area contributed by atoms with Gasteiger partial charge >= 0.3 is 6.09 Å². The molecule has 1 heterocycles. The minimum absolute atomic E-state index is 0.173. The highest BCUT2D eigenvalue weighted by molar-refractivity contribution is 5.71. The standard InChI is InChI=1S/C9H7N3O3/c10-12-11-9(13)15-7-3-1-6(2-4-7)8-5-14-8/h1-4,8H,5H2. The highest BCUT2D eigenvalue weighted by Gasteiger charge is 2.24. The van der Waals surface area contributed by atoms with Crippen molar-refractivity contribution < 1.29 is 14.3 Å². The number of nitrogens with zero attached hydrogens (tertiary/aromatic N) is 3. The molecule has 1 fully saturated rings. The fourth-order valence-corrected chi connectivity index (χ4v) is 1.15. The van der Waals surface area contributed by atoms with Crippen molar-refractivity contribution in [2.45, 2.75) is 6.10 Å². The van der Waals surface area contributed by atoms with E-state index in [1.807, 2.05) is 0 Å². The molecule has 0 spiro atoms. The van der Waals surface area contributed by atoms with Gasteiger partial charge in [0.2, 0.25) is 0 Å². The van der Waals surface area contributed by atoms with E-state index in [1.54, 1.807) is 24.3 Å². The maximum Gasteiger partial charge on any atom is 0.402 e. The Hall–Kier alpha value is -2.04. The first-order chi connectivity index (χ1) is 7.29. The Morgan fingerprint density at radius 1 is 1.53 bits per heavy atom. The first-order valence-corrected chi connectivity index (χ1v) is 4.28. The van der Waals surface area contributed by atoms with Gasteiger partial charge in [0.25, 0.3) is 0 Å². The van der Waals surface area contributed by atoms with Crippen LogP contribution in [0.4, 0.5) is 4.79 Å². The molecule has 76 valence electrons. The van der Waals surface area contributed by atoms with E-state index >= 15 is 0 Å². The van der Waals surface area contributed by atoms with Gasteiger partial charge in [0.15, 0.2) is 0 Å². The summed E-state index contributed by atoms with van der Waals surface area (Å²) in [5, 5.41) is 2.78. The Kier molecular flexibility index (Phi) is 2.53. The summed E-state index contributed by atoms with van der Waals surface area (Å²) in [6.45, 7) is 0.734. The van der Waals surface area contributed by atoms with Crippen LogP contribution in [0.5, 0.6) is 5.75 Å². The molecule has 0 aromatic heterocycles. The van der Waals surface area contributed by atoms with E-state index in [1.165, 1.54) is 0 Å². The third-order valence-corrected chi connectivity index (χ3v) is 1.92. The SMILES string of the molecule is [N-]=[N+]=NC(=O)Oc1ccc(C2CO2)cc1. The maximum atomic E-state index is 10.8. The van der Waals surface area contributed by atoms with E-state index in [9.17, 15) is 4.79 Å². The molecule has 1 aliphatic rings. The van der Waals surface area contributed by atoms with Crippen molar-refractivity contribution in [2.24, 2.45) is 5.11 Å². The van der Waals surface area contributed by atoms with E-state index in [2.05, 4.69) is 10.0 Å². The van der Waals surface area contributed by atoms with Gasteiger partial charge in [-0.1, -0.05) is 12.1 Å². The number of ether oxygens (including phenoxy) is 2. The second-order valence-corrected chi connectivity index (χ2v) is 2.95. The van der Waals surface area contributed by atoms with Crippen LogP contribution in [0.1, 0.15) is 11.7 Å². The van der Waals surface area contributed by atoms with E-state index < -0.39 is 6.09 Å². The molecule has 1 amide bonds. The molecular formula is C9H7N3O3. The summed E-state index contributed by atoms with van der Waals surface area (Å²) in [5.74, 6) is 0.344. The summed E-state index contributed by atoms with van der Waals surface area (Å²) >= 11 is 0. The second kappa shape index (κ2) is 4.00. The molecule has 1 saturated heterocycles. The third-order valence-electron chi connectivity index (χ3n) is 1.92. The van der Waals surface area contributed by atoms with Gasteiger partial charge in [-0.05, 0) is 23.2 Å². The second-order valence-electron chi connectivity index (χ2n) is 2.95. The van der Waals surface area contributed by atoms with Gasteiger partial charge in [0.1, 0.15) is 11.9 Å². The molecule has 0 aliphatic carbocycles. The number of epoxide rings is 1. The molecule has 1 aromatic carbocycles. The molecule has 1 aromatic rings. The van der Waals surface area contributed by atoms with E-state index in [0.29, 0.717) is 5.75 Å². The lowest BCUT2D eigenvalue weighted by Crippen LogP contribution is -2.00. The number of hydrogen-bond donors (Lipinski definition) is 0. The van der Waals surface area contributed by atoms with Crippen LogP contribution in [0.15, 0.2) is 29.4 Å². The quantitative estimate of drug-likeness (QED) is 0.321. The average Bonchev–Trinajstić information content (AvgIpc) is 3.03. The highest BCUT2D eigenvalue weighted by Crippen LogP contribution is 2.30. The molecule has 0 saturated carbocycles. The average molecular weight is 205 g/mol. The molecule has 1 aliphatic heterocycles. The van der Waals surface area contributed by atoms with Gasteiger partial charge in [0.05, 0.1) is 6.61 Å². The maximum absolute atomic E-state index is 10.8. The van der Waals surface area contributed by atoms with E-state index in [0.717, 1.165) is 12.2 Å². The van der Waals surface area contributed by atoms with Crippen molar-refractivity contribution in [2.75, 3.05) is 6.61 Å². The van der Waals surface area contributed by atoms with E-state index in [-0.39, 0.29) is 6.10 Å². The van der Waals surface area contributed by atoms with Crippen LogP contribution in [0.3, 0.4) is 0 Å². The van der Waals surface area contributed by atoms with Crippen LogP contribution in [0.25, 0.3) is 10.4 Å². The predicted molar refractivity (Wildman–Crippen MR) is 50.3 cm³/mol. The fraction of sp³-hybridized carbons (Fsp3) is 0.222. The zero-order valence-electron chi connectivity index (χ0n) is 7.66.